The lowest BCUT2D eigenvalue weighted by Gasteiger charge is -2.16. The number of aliphatic hydroxyl groups is 1. The second kappa shape index (κ2) is 8.21. The molecule has 0 amide bonds. The van der Waals surface area contributed by atoms with Crippen molar-refractivity contribution in [3.63, 3.8) is 0 Å². The van der Waals surface area contributed by atoms with Crippen LogP contribution in [0, 0.1) is 6.92 Å². The van der Waals surface area contributed by atoms with E-state index in [2.05, 4.69) is 5.32 Å². The van der Waals surface area contributed by atoms with Crippen molar-refractivity contribution < 1.29 is 27.8 Å². The Kier molecular flexibility index (Phi) is 6.94. The zero-order valence-corrected chi connectivity index (χ0v) is 12.0. The van der Waals surface area contributed by atoms with Gasteiger partial charge in [0.15, 0.2) is 0 Å². The van der Waals surface area contributed by atoms with E-state index >= 15 is 0 Å². The van der Waals surface area contributed by atoms with Crippen LogP contribution in [0.1, 0.15) is 11.1 Å². The van der Waals surface area contributed by atoms with E-state index in [1.807, 2.05) is 0 Å². The van der Waals surface area contributed by atoms with E-state index in [0.717, 1.165) is 12.1 Å². The van der Waals surface area contributed by atoms with Crippen LogP contribution in [0.4, 0.5) is 18.9 Å². The zero-order chi connectivity index (χ0) is 15.9. The third kappa shape index (κ3) is 6.33. The Bertz CT molecular complexity index is 438. The highest BCUT2D eigenvalue weighted by Crippen LogP contribution is 2.31. The summed E-state index contributed by atoms with van der Waals surface area (Å²) in [5.41, 5.74) is 0.303. The van der Waals surface area contributed by atoms with Crippen molar-refractivity contribution in [2.24, 2.45) is 0 Å². The van der Waals surface area contributed by atoms with Gasteiger partial charge in [-0.25, -0.2) is 0 Å². The van der Waals surface area contributed by atoms with E-state index in [9.17, 15) is 18.3 Å². The highest BCUT2D eigenvalue weighted by Gasteiger charge is 2.30. The molecule has 21 heavy (non-hydrogen) atoms. The molecule has 1 atom stereocenters. The molecule has 0 heterocycles. The molecule has 1 unspecified atom stereocenters. The van der Waals surface area contributed by atoms with Crippen molar-refractivity contribution in [3.05, 3.63) is 29.3 Å². The first kappa shape index (κ1) is 17.7. The Morgan fingerprint density at radius 2 is 2.00 bits per heavy atom. The fourth-order valence-corrected chi connectivity index (χ4v) is 1.64. The zero-order valence-electron chi connectivity index (χ0n) is 12.0. The molecule has 2 N–H and O–H groups in total. The van der Waals surface area contributed by atoms with Gasteiger partial charge in [0, 0.05) is 19.3 Å². The molecule has 0 spiro atoms. The molecule has 0 bridgehead atoms. The van der Waals surface area contributed by atoms with Crippen LogP contribution in [0.25, 0.3) is 0 Å². The number of benzene rings is 1. The predicted molar refractivity (Wildman–Crippen MR) is 73.4 cm³/mol. The predicted octanol–water partition coefficient (Wildman–Crippen LogP) is 2.45. The average Bonchev–Trinajstić information content (AvgIpc) is 2.41. The first-order chi connectivity index (χ1) is 9.84. The third-order valence-corrected chi connectivity index (χ3v) is 2.84. The molecule has 120 valence electrons. The summed E-state index contributed by atoms with van der Waals surface area (Å²) in [4.78, 5) is 0. The van der Waals surface area contributed by atoms with Crippen molar-refractivity contribution in [3.8, 4) is 0 Å². The maximum absolute atomic E-state index is 12.6. The second-order valence-corrected chi connectivity index (χ2v) is 4.63. The fraction of sp³-hybridized carbons (Fsp3) is 0.571. The molecule has 1 rings (SSSR count). The van der Waals surface area contributed by atoms with Gasteiger partial charge in [-0.15, -0.1) is 0 Å². The number of halogens is 3. The fourth-order valence-electron chi connectivity index (χ4n) is 1.64. The molecular formula is C14H20F3NO3. The number of aryl methyl sites for hydroxylation is 1. The van der Waals surface area contributed by atoms with Crippen LogP contribution in [0.2, 0.25) is 0 Å². The molecular weight excluding hydrogens is 287 g/mol. The summed E-state index contributed by atoms with van der Waals surface area (Å²) in [5, 5.41) is 12.5. The van der Waals surface area contributed by atoms with E-state index < -0.39 is 17.8 Å². The topological polar surface area (TPSA) is 50.7 Å². The Morgan fingerprint density at radius 1 is 1.29 bits per heavy atom. The third-order valence-electron chi connectivity index (χ3n) is 2.84. The van der Waals surface area contributed by atoms with Crippen molar-refractivity contribution in [1.82, 2.24) is 0 Å². The lowest BCUT2D eigenvalue weighted by atomic mass is 10.1. The molecule has 1 aromatic carbocycles. The van der Waals surface area contributed by atoms with Crippen LogP contribution < -0.4 is 5.32 Å². The van der Waals surface area contributed by atoms with Crippen LogP contribution in [-0.4, -0.2) is 44.7 Å². The Morgan fingerprint density at radius 3 is 2.62 bits per heavy atom. The van der Waals surface area contributed by atoms with E-state index in [1.54, 1.807) is 6.92 Å². The number of methoxy groups -OCH3 is 1. The monoisotopic (exact) mass is 307 g/mol. The van der Waals surface area contributed by atoms with Gasteiger partial charge in [-0.2, -0.15) is 13.2 Å². The summed E-state index contributed by atoms with van der Waals surface area (Å²) in [7, 11) is 1.54. The Labute approximate surface area is 121 Å². The molecule has 0 radical (unpaired) electrons. The van der Waals surface area contributed by atoms with Crippen molar-refractivity contribution in [2.45, 2.75) is 19.2 Å². The van der Waals surface area contributed by atoms with Gasteiger partial charge >= 0.3 is 6.18 Å². The summed E-state index contributed by atoms with van der Waals surface area (Å²) in [6, 6.07) is 3.46. The van der Waals surface area contributed by atoms with Gasteiger partial charge < -0.3 is 19.9 Å². The number of anilines is 1. The number of nitrogens with one attached hydrogen (secondary N) is 1. The number of rotatable bonds is 8. The van der Waals surface area contributed by atoms with Crippen LogP contribution in [0.5, 0.6) is 0 Å². The van der Waals surface area contributed by atoms with E-state index in [0.29, 0.717) is 24.5 Å². The van der Waals surface area contributed by atoms with E-state index in [1.165, 1.54) is 13.2 Å². The van der Waals surface area contributed by atoms with Crippen LogP contribution in [-0.2, 0) is 15.7 Å². The van der Waals surface area contributed by atoms with Gasteiger partial charge in [0.25, 0.3) is 0 Å². The first-order valence-electron chi connectivity index (χ1n) is 6.51. The number of aliphatic hydroxyl groups excluding tert-OH is 1. The van der Waals surface area contributed by atoms with E-state index in [4.69, 9.17) is 9.47 Å². The molecule has 0 saturated carbocycles. The summed E-state index contributed by atoms with van der Waals surface area (Å²) >= 11 is 0. The highest BCUT2D eigenvalue weighted by molar-refractivity contribution is 5.53. The number of alkyl halides is 3. The minimum atomic E-state index is -4.38. The van der Waals surface area contributed by atoms with E-state index in [-0.39, 0.29) is 13.2 Å². The standard InChI is InChI=1S/C14H20F3NO3/c1-10-3-4-11(14(15,16)17)7-13(10)18-8-12(19)9-21-6-5-20-2/h3-4,7,12,18-19H,5-6,8-9H2,1-2H3. The summed E-state index contributed by atoms with van der Waals surface area (Å²) in [6.45, 7) is 2.68. The van der Waals surface area contributed by atoms with Crippen molar-refractivity contribution >= 4 is 5.69 Å². The summed E-state index contributed by atoms with van der Waals surface area (Å²) < 4.78 is 47.8. The molecule has 0 aliphatic heterocycles. The quantitative estimate of drug-likeness (QED) is 0.724. The van der Waals surface area contributed by atoms with Gasteiger partial charge in [0.05, 0.1) is 31.5 Å². The number of hydrogen-bond donors (Lipinski definition) is 2. The van der Waals surface area contributed by atoms with Crippen LogP contribution >= 0.6 is 0 Å². The lowest BCUT2D eigenvalue weighted by Crippen LogP contribution is -2.26. The molecule has 0 fully saturated rings. The normalized spacial score (nSPS) is 13.2. The SMILES string of the molecule is COCCOCC(O)CNc1cc(C(F)(F)F)ccc1C. The smallest absolute Gasteiger partial charge is 0.389 e. The average molecular weight is 307 g/mol. The van der Waals surface area contributed by atoms with Gasteiger partial charge in [-0.05, 0) is 24.6 Å². The molecule has 0 aromatic heterocycles. The molecule has 1 aromatic rings. The minimum Gasteiger partial charge on any atom is -0.389 e. The van der Waals surface area contributed by atoms with Gasteiger partial charge in [-0.1, -0.05) is 6.07 Å². The molecule has 0 aliphatic carbocycles. The number of ether oxygens (including phenoxy) is 2. The van der Waals surface area contributed by atoms with Gasteiger partial charge in [0.2, 0.25) is 0 Å². The van der Waals surface area contributed by atoms with Crippen LogP contribution in [0.3, 0.4) is 0 Å². The maximum atomic E-state index is 12.6. The largest absolute Gasteiger partial charge is 0.416 e. The summed E-state index contributed by atoms with van der Waals surface area (Å²) in [5.74, 6) is 0. The lowest BCUT2D eigenvalue weighted by molar-refractivity contribution is -0.137. The van der Waals surface area contributed by atoms with Crippen molar-refractivity contribution in [1.29, 1.82) is 0 Å². The van der Waals surface area contributed by atoms with Crippen LogP contribution in [0.15, 0.2) is 18.2 Å². The highest BCUT2D eigenvalue weighted by atomic mass is 19.4. The van der Waals surface area contributed by atoms with Gasteiger partial charge in [-0.3, -0.25) is 0 Å². The molecule has 4 nitrogen and oxygen atoms in total. The molecule has 0 aliphatic rings. The Hall–Kier alpha value is -1.31. The maximum Gasteiger partial charge on any atom is 0.416 e. The first-order valence-corrected chi connectivity index (χ1v) is 6.51. The second-order valence-electron chi connectivity index (χ2n) is 4.63. The summed E-state index contributed by atoms with van der Waals surface area (Å²) in [6.07, 6.45) is -5.19. The van der Waals surface area contributed by atoms with Crippen molar-refractivity contribution in [2.75, 3.05) is 38.8 Å². The van der Waals surface area contributed by atoms with Gasteiger partial charge in [0.1, 0.15) is 0 Å². The molecule has 0 saturated heterocycles. The molecule has 7 heteroatoms. The number of hydrogen-bond acceptors (Lipinski definition) is 4. The minimum absolute atomic E-state index is 0.0916. The Balaban J connectivity index is 2.51.